The fraction of sp³-hybridized carbons (Fsp3) is 0.0556. The summed E-state index contributed by atoms with van der Waals surface area (Å²) >= 11 is 0. The van der Waals surface area contributed by atoms with E-state index < -0.39 is 0 Å². The first-order chi connectivity index (χ1) is 11.8. The summed E-state index contributed by atoms with van der Waals surface area (Å²) in [6.07, 6.45) is 3.74. The first-order valence-corrected chi connectivity index (χ1v) is 7.61. The summed E-state index contributed by atoms with van der Waals surface area (Å²) in [5, 5.41) is 15.0. The molecule has 24 heavy (non-hydrogen) atoms. The third-order valence-corrected chi connectivity index (χ3v) is 3.78. The van der Waals surface area contributed by atoms with E-state index in [9.17, 15) is 4.79 Å². The van der Waals surface area contributed by atoms with Crippen molar-refractivity contribution < 1.29 is 4.79 Å². The Hall–Kier alpha value is -3.41. The molecule has 6 nitrogen and oxygen atoms in total. The minimum absolute atomic E-state index is 0.0865. The van der Waals surface area contributed by atoms with Gasteiger partial charge < -0.3 is 5.32 Å². The molecule has 1 amide bonds. The number of hydrogen-bond donors (Lipinski definition) is 2. The summed E-state index contributed by atoms with van der Waals surface area (Å²) in [5.41, 5.74) is 3.53. The molecule has 0 radical (unpaired) electrons. The highest BCUT2D eigenvalue weighted by atomic mass is 16.1. The third-order valence-electron chi connectivity index (χ3n) is 3.78. The van der Waals surface area contributed by atoms with E-state index >= 15 is 0 Å². The maximum atomic E-state index is 12.0. The molecule has 118 valence electrons. The van der Waals surface area contributed by atoms with Crippen LogP contribution in [-0.4, -0.2) is 25.9 Å². The second kappa shape index (κ2) is 6.00. The molecule has 0 atom stereocenters. The van der Waals surface area contributed by atoms with Gasteiger partial charge in [0.15, 0.2) is 0 Å². The number of carbonyl (C=O) groups excluding carboxylic acids is 1. The monoisotopic (exact) mass is 317 g/mol. The van der Waals surface area contributed by atoms with Crippen molar-refractivity contribution in [3.8, 4) is 5.69 Å². The molecule has 4 aromatic rings. The lowest BCUT2D eigenvalue weighted by molar-refractivity contribution is -0.115. The molecule has 0 aliphatic rings. The van der Waals surface area contributed by atoms with Crippen molar-refractivity contribution in [1.82, 2.24) is 20.0 Å². The molecule has 4 rings (SSSR count). The van der Waals surface area contributed by atoms with Crippen LogP contribution in [0.4, 0.5) is 5.69 Å². The lowest BCUT2D eigenvalue weighted by Crippen LogP contribution is -2.14. The van der Waals surface area contributed by atoms with Crippen molar-refractivity contribution >= 4 is 22.5 Å². The van der Waals surface area contributed by atoms with Crippen molar-refractivity contribution in [1.29, 1.82) is 0 Å². The zero-order valence-electron chi connectivity index (χ0n) is 12.8. The number of H-pyrrole nitrogens is 1. The average molecular weight is 317 g/mol. The Morgan fingerprint density at radius 2 is 1.92 bits per heavy atom. The Bertz CT molecular complexity index is 970. The quantitative estimate of drug-likeness (QED) is 0.607. The zero-order chi connectivity index (χ0) is 16.4. The maximum Gasteiger partial charge on any atom is 0.230 e. The molecule has 0 unspecified atom stereocenters. The van der Waals surface area contributed by atoms with Crippen LogP contribution in [0.3, 0.4) is 0 Å². The summed E-state index contributed by atoms with van der Waals surface area (Å²) in [5.74, 6) is -0.0865. The number of anilines is 1. The standard InChI is InChI=1S/C18H15N5O/c24-18(11-15-9-10-19-22-15)21-14-5-7-16(8-6-14)23-17-4-2-1-3-13(17)12-20-23/h1-10,12H,11H2,(H,19,22)(H,21,24). The summed E-state index contributed by atoms with van der Waals surface area (Å²) < 4.78 is 1.88. The number of fused-ring (bicyclic) bond motifs is 1. The van der Waals surface area contributed by atoms with Crippen molar-refractivity contribution in [2.45, 2.75) is 6.42 Å². The number of carbonyl (C=O) groups is 1. The lowest BCUT2D eigenvalue weighted by Gasteiger charge is -2.07. The number of benzene rings is 2. The molecule has 0 fully saturated rings. The Morgan fingerprint density at radius 3 is 2.71 bits per heavy atom. The lowest BCUT2D eigenvalue weighted by atomic mass is 10.2. The van der Waals surface area contributed by atoms with Gasteiger partial charge in [-0.05, 0) is 36.4 Å². The number of nitrogens with one attached hydrogen (secondary N) is 2. The van der Waals surface area contributed by atoms with Crippen LogP contribution in [0, 0.1) is 0 Å². The van der Waals surface area contributed by atoms with Gasteiger partial charge in [-0.25, -0.2) is 4.68 Å². The van der Waals surface area contributed by atoms with Gasteiger partial charge >= 0.3 is 0 Å². The van der Waals surface area contributed by atoms with Crippen LogP contribution < -0.4 is 5.32 Å². The van der Waals surface area contributed by atoms with Gasteiger partial charge in [0, 0.05) is 23.0 Å². The third kappa shape index (κ3) is 2.77. The van der Waals surface area contributed by atoms with Crippen LogP contribution in [0.5, 0.6) is 0 Å². The second-order valence-electron chi connectivity index (χ2n) is 5.47. The SMILES string of the molecule is O=C(Cc1ccn[nH]1)Nc1ccc(-n2ncc3ccccc32)cc1. The molecule has 6 heteroatoms. The Balaban J connectivity index is 1.51. The number of hydrogen-bond acceptors (Lipinski definition) is 3. The van der Waals surface area contributed by atoms with Crippen LogP contribution in [0.1, 0.15) is 5.69 Å². The number of para-hydroxylation sites is 1. The molecule has 0 aliphatic carbocycles. The van der Waals surface area contributed by atoms with Gasteiger partial charge in [-0.15, -0.1) is 0 Å². The van der Waals surface area contributed by atoms with E-state index in [0.717, 1.165) is 28.0 Å². The van der Waals surface area contributed by atoms with Crippen LogP contribution in [0.25, 0.3) is 16.6 Å². The maximum absolute atomic E-state index is 12.0. The van der Waals surface area contributed by atoms with E-state index in [2.05, 4.69) is 20.6 Å². The fourth-order valence-electron chi connectivity index (χ4n) is 2.62. The Morgan fingerprint density at radius 1 is 1.08 bits per heavy atom. The van der Waals surface area contributed by atoms with Crippen LogP contribution in [-0.2, 0) is 11.2 Å². The molecule has 0 saturated carbocycles. The first kappa shape index (κ1) is 14.2. The Kier molecular flexibility index (Phi) is 3.55. The summed E-state index contributed by atoms with van der Waals surface area (Å²) in [6, 6.07) is 17.4. The number of aromatic amines is 1. The van der Waals surface area contributed by atoms with E-state index in [-0.39, 0.29) is 12.3 Å². The highest BCUT2D eigenvalue weighted by Gasteiger charge is 2.07. The minimum Gasteiger partial charge on any atom is -0.326 e. The molecular formula is C18H15N5O. The highest BCUT2D eigenvalue weighted by Crippen LogP contribution is 2.19. The van der Waals surface area contributed by atoms with Gasteiger partial charge in [0.05, 0.1) is 23.8 Å². The van der Waals surface area contributed by atoms with E-state index in [1.807, 2.05) is 59.4 Å². The summed E-state index contributed by atoms with van der Waals surface area (Å²) in [7, 11) is 0. The minimum atomic E-state index is -0.0865. The van der Waals surface area contributed by atoms with Crippen LogP contribution >= 0.6 is 0 Å². The van der Waals surface area contributed by atoms with E-state index in [4.69, 9.17) is 0 Å². The van der Waals surface area contributed by atoms with Gasteiger partial charge in [0.25, 0.3) is 0 Å². The molecule has 2 N–H and O–H groups in total. The predicted molar refractivity (Wildman–Crippen MR) is 92.0 cm³/mol. The van der Waals surface area contributed by atoms with Gasteiger partial charge in [-0.1, -0.05) is 18.2 Å². The first-order valence-electron chi connectivity index (χ1n) is 7.61. The fourth-order valence-corrected chi connectivity index (χ4v) is 2.62. The van der Waals surface area contributed by atoms with E-state index in [1.54, 1.807) is 12.3 Å². The molecule has 2 heterocycles. The normalized spacial score (nSPS) is 10.8. The topological polar surface area (TPSA) is 75.6 Å². The Labute approximate surface area is 138 Å². The number of nitrogens with zero attached hydrogens (tertiary/aromatic N) is 3. The molecule has 2 aromatic carbocycles. The molecule has 0 spiro atoms. The van der Waals surface area contributed by atoms with Crippen molar-refractivity contribution in [3.63, 3.8) is 0 Å². The number of amides is 1. The molecular weight excluding hydrogens is 302 g/mol. The van der Waals surface area contributed by atoms with Crippen LogP contribution in [0.15, 0.2) is 67.0 Å². The van der Waals surface area contributed by atoms with Gasteiger partial charge in [0.1, 0.15) is 0 Å². The molecule has 0 aliphatic heterocycles. The number of rotatable bonds is 4. The largest absolute Gasteiger partial charge is 0.326 e. The molecule has 2 aromatic heterocycles. The summed E-state index contributed by atoms with van der Waals surface area (Å²) in [4.78, 5) is 12.0. The highest BCUT2D eigenvalue weighted by molar-refractivity contribution is 5.92. The van der Waals surface area contributed by atoms with Crippen LogP contribution in [0.2, 0.25) is 0 Å². The smallest absolute Gasteiger partial charge is 0.230 e. The second-order valence-corrected chi connectivity index (χ2v) is 5.47. The van der Waals surface area contributed by atoms with Crippen molar-refractivity contribution in [2.24, 2.45) is 0 Å². The van der Waals surface area contributed by atoms with Gasteiger partial charge in [-0.3, -0.25) is 9.89 Å². The molecule has 0 bridgehead atoms. The average Bonchev–Trinajstić information content (AvgIpc) is 3.25. The van der Waals surface area contributed by atoms with Crippen molar-refractivity contribution in [2.75, 3.05) is 5.32 Å². The van der Waals surface area contributed by atoms with Gasteiger partial charge in [-0.2, -0.15) is 10.2 Å². The van der Waals surface area contributed by atoms with Gasteiger partial charge in [0.2, 0.25) is 5.91 Å². The predicted octanol–water partition coefficient (Wildman–Crippen LogP) is 2.93. The summed E-state index contributed by atoms with van der Waals surface area (Å²) in [6.45, 7) is 0. The number of aromatic nitrogens is 4. The molecule has 0 saturated heterocycles. The van der Waals surface area contributed by atoms with Crippen molar-refractivity contribution in [3.05, 3.63) is 72.7 Å². The van der Waals surface area contributed by atoms with E-state index in [1.165, 1.54) is 0 Å². The van der Waals surface area contributed by atoms with E-state index in [0.29, 0.717) is 0 Å². The zero-order valence-corrected chi connectivity index (χ0v) is 12.8.